The molecule has 1 N–H and O–H groups in total. The molecule has 0 aliphatic carbocycles. The Bertz CT molecular complexity index is 842. The number of rotatable bonds is 6. The molecule has 0 atom stereocenters. The molecule has 0 radical (unpaired) electrons. The van der Waals surface area contributed by atoms with E-state index in [2.05, 4.69) is 10.3 Å². The van der Waals surface area contributed by atoms with Crippen molar-refractivity contribution < 1.29 is 14.3 Å². The summed E-state index contributed by atoms with van der Waals surface area (Å²) in [4.78, 5) is 16.8. The molecular weight excluding hydrogens is 336 g/mol. The molecule has 1 amide bonds. The van der Waals surface area contributed by atoms with E-state index in [0.717, 1.165) is 17.0 Å². The smallest absolute Gasteiger partial charge is 0.257 e. The van der Waals surface area contributed by atoms with Crippen molar-refractivity contribution in [3.63, 3.8) is 0 Å². The largest absolute Gasteiger partial charge is 0.497 e. The summed E-state index contributed by atoms with van der Waals surface area (Å²) in [6.07, 6.45) is 0. The first kappa shape index (κ1) is 17.0. The zero-order valence-electron chi connectivity index (χ0n) is 14.0. The number of hydrogen-bond donors (Lipinski definition) is 1. The lowest BCUT2D eigenvalue weighted by Gasteiger charge is -2.04. The minimum absolute atomic E-state index is 0.199. The second kappa shape index (κ2) is 7.81. The lowest BCUT2D eigenvalue weighted by Crippen LogP contribution is -2.11. The van der Waals surface area contributed by atoms with E-state index >= 15 is 0 Å². The summed E-state index contributed by atoms with van der Waals surface area (Å²) in [7, 11) is 1.59. The summed E-state index contributed by atoms with van der Waals surface area (Å²) in [5.74, 6) is 1.34. The molecule has 3 aromatic rings. The number of nitrogens with zero attached hydrogens (tertiary/aromatic N) is 1. The van der Waals surface area contributed by atoms with Gasteiger partial charge in [0, 0.05) is 16.5 Å². The van der Waals surface area contributed by atoms with E-state index in [1.165, 1.54) is 11.3 Å². The number of ether oxygens (including phenoxy) is 2. The van der Waals surface area contributed by atoms with Crippen LogP contribution < -0.4 is 14.8 Å². The van der Waals surface area contributed by atoms with Crippen LogP contribution in [0.2, 0.25) is 0 Å². The minimum Gasteiger partial charge on any atom is -0.497 e. The molecule has 2 aromatic carbocycles. The van der Waals surface area contributed by atoms with Crippen molar-refractivity contribution in [1.29, 1.82) is 0 Å². The first-order chi connectivity index (χ1) is 12.2. The Morgan fingerprint density at radius 2 is 1.76 bits per heavy atom. The van der Waals surface area contributed by atoms with Crippen molar-refractivity contribution >= 4 is 22.4 Å². The third-order valence-corrected chi connectivity index (χ3v) is 4.30. The molecule has 0 aliphatic heterocycles. The van der Waals surface area contributed by atoms with Crippen LogP contribution in [0.15, 0.2) is 53.9 Å². The van der Waals surface area contributed by atoms with E-state index in [9.17, 15) is 4.79 Å². The van der Waals surface area contributed by atoms with Crippen LogP contribution >= 0.6 is 11.3 Å². The van der Waals surface area contributed by atoms with Crippen molar-refractivity contribution in [2.75, 3.05) is 19.0 Å². The van der Waals surface area contributed by atoms with E-state index in [0.29, 0.717) is 23.1 Å². The molecule has 6 heteroatoms. The number of benzene rings is 2. The Balaban J connectivity index is 1.69. The van der Waals surface area contributed by atoms with E-state index in [4.69, 9.17) is 9.47 Å². The number of carbonyl (C=O) groups is 1. The zero-order valence-corrected chi connectivity index (χ0v) is 14.8. The molecule has 25 heavy (non-hydrogen) atoms. The summed E-state index contributed by atoms with van der Waals surface area (Å²) in [5.41, 5.74) is 2.35. The first-order valence-corrected chi connectivity index (χ1v) is 8.71. The second-order valence-corrected chi connectivity index (χ2v) is 6.04. The van der Waals surface area contributed by atoms with E-state index in [1.807, 2.05) is 36.6 Å². The number of amides is 1. The molecule has 0 saturated heterocycles. The summed E-state index contributed by atoms with van der Waals surface area (Å²) >= 11 is 1.39. The quantitative estimate of drug-likeness (QED) is 0.709. The van der Waals surface area contributed by atoms with Gasteiger partial charge in [-0.15, -0.1) is 11.3 Å². The van der Waals surface area contributed by atoms with Gasteiger partial charge < -0.3 is 9.47 Å². The highest BCUT2D eigenvalue weighted by Crippen LogP contribution is 2.27. The SMILES string of the molecule is CCOc1ccc(-c2csc(NC(=O)c3ccc(OC)cc3)n2)cc1. The Kier molecular flexibility index (Phi) is 5.30. The highest BCUT2D eigenvalue weighted by molar-refractivity contribution is 7.14. The lowest BCUT2D eigenvalue weighted by atomic mass is 10.2. The molecular formula is C19H18N2O3S. The fourth-order valence-electron chi connectivity index (χ4n) is 2.26. The van der Waals surface area contributed by atoms with Crippen LogP contribution in [-0.2, 0) is 0 Å². The maximum absolute atomic E-state index is 12.3. The fourth-order valence-corrected chi connectivity index (χ4v) is 2.98. The van der Waals surface area contributed by atoms with E-state index < -0.39 is 0 Å². The molecule has 5 nitrogen and oxygen atoms in total. The van der Waals surface area contributed by atoms with Crippen molar-refractivity contribution in [3.05, 3.63) is 59.5 Å². The molecule has 0 saturated carbocycles. The van der Waals surface area contributed by atoms with Gasteiger partial charge in [0.25, 0.3) is 5.91 Å². The van der Waals surface area contributed by atoms with Gasteiger partial charge in [0.05, 0.1) is 19.4 Å². The van der Waals surface area contributed by atoms with Crippen LogP contribution in [0.1, 0.15) is 17.3 Å². The van der Waals surface area contributed by atoms with Crippen molar-refractivity contribution in [3.8, 4) is 22.8 Å². The van der Waals surface area contributed by atoms with Gasteiger partial charge in [-0.2, -0.15) is 0 Å². The molecule has 0 unspecified atom stereocenters. The summed E-state index contributed by atoms with van der Waals surface area (Å²) < 4.78 is 10.5. The molecule has 0 aliphatic rings. The lowest BCUT2D eigenvalue weighted by molar-refractivity contribution is 0.102. The highest BCUT2D eigenvalue weighted by Gasteiger charge is 2.10. The maximum atomic E-state index is 12.3. The van der Waals surface area contributed by atoms with Gasteiger partial charge >= 0.3 is 0 Å². The van der Waals surface area contributed by atoms with Crippen molar-refractivity contribution in [1.82, 2.24) is 4.98 Å². The topological polar surface area (TPSA) is 60.5 Å². The number of hydrogen-bond acceptors (Lipinski definition) is 5. The standard InChI is InChI=1S/C19H18N2O3S/c1-3-24-16-10-4-13(5-11-16)17-12-25-19(20-17)21-18(22)14-6-8-15(23-2)9-7-14/h4-12H,3H2,1-2H3,(H,20,21,22). The van der Waals surface area contributed by atoms with Gasteiger partial charge in [0.15, 0.2) is 5.13 Å². The van der Waals surface area contributed by atoms with Crippen LogP contribution in [0.5, 0.6) is 11.5 Å². The number of carbonyl (C=O) groups excluding carboxylic acids is 1. The predicted molar refractivity (Wildman–Crippen MR) is 99.7 cm³/mol. The number of nitrogens with one attached hydrogen (secondary N) is 1. The van der Waals surface area contributed by atoms with Gasteiger partial charge in [-0.1, -0.05) is 0 Å². The maximum Gasteiger partial charge on any atom is 0.257 e. The second-order valence-electron chi connectivity index (χ2n) is 5.18. The molecule has 0 bridgehead atoms. The van der Waals surface area contributed by atoms with E-state index in [1.54, 1.807) is 31.4 Å². The van der Waals surface area contributed by atoms with Crippen LogP contribution in [0, 0.1) is 0 Å². The summed E-state index contributed by atoms with van der Waals surface area (Å²) in [6.45, 7) is 2.59. The van der Waals surface area contributed by atoms with Crippen LogP contribution in [0.25, 0.3) is 11.3 Å². The van der Waals surface area contributed by atoms with Crippen LogP contribution in [0.4, 0.5) is 5.13 Å². The van der Waals surface area contributed by atoms with Crippen molar-refractivity contribution in [2.24, 2.45) is 0 Å². The molecule has 0 fully saturated rings. The van der Waals surface area contributed by atoms with Gasteiger partial charge in [-0.05, 0) is 55.5 Å². The summed E-state index contributed by atoms with van der Waals surface area (Å²) in [5, 5.41) is 5.30. The number of aromatic nitrogens is 1. The normalized spacial score (nSPS) is 10.3. The molecule has 3 rings (SSSR count). The predicted octanol–water partition coefficient (Wildman–Crippen LogP) is 4.47. The van der Waals surface area contributed by atoms with E-state index in [-0.39, 0.29) is 5.91 Å². The Labute approximate surface area is 150 Å². The van der Waals surface area contributed by atoms with Gasteiger partial charge in [0.1, 0.15) is 11.5 Å². The number of anilines is 1. The average molecular weight is 354 g/mol. The Hall–Kier alpha value is -2.86. The number of thiazole rings is 1. The molecule has 1 heterocycles. The Morgan fingerprint density at radius 1 is 1.08 bits per heavy atom. The van der Waals surface area contributed by atoms with Gasteiger partial charge in [0.2, 0.25) is 0 Å². The fraction of sp³-hybridized carbons (Fsp3) is 0.158. The molecule has 1 aromatic heterocycles. The van der Waals surface area contributed by atoms with Crippen LogP contribution in [0.3, 0.4) is 0 Å². The average Bonchev–Trinajstić information content (AvgIpc) is 3.11. The first-order valence-electron chi connectivity index (χ1n) is 7.83. The summed E-state index contributed by atoms with van der Waals surface area (Å²) in [6, 6.07) is 14.7. The zero-order chi connectivity index (χ0) is 17.6. The van der Waals surface area contributed by atoms with Gasteiger partial charge in [-0.25, -0.2) is 4.98 Å². The van der Waals surface area contributed by atoms with Crippen molar-refractivity contribution in [2.45, 2.75) is 6.92 Å². The minimum atomic E-state index is -0.199. The molecule has 128 valence electrons. The third kappa shape index (κ3) is 4.16. The monoisotopic (exact) mass is 354 g/mol. The molecule has 0 spiro atoms. The third-order valence-electron chi connectivity index (χ3n) is 3.54. The van der Waals surface area contributed by atoms with Gasteiger partial charge in [-0.3, -0.25) is 10.1 Å². The Morgan fingerprint density at radius 3 is 2.40 bits per heavy atom. The number of methoxy groups -OCH3 is 1. The highest BCUT2D eigenvalue weighted by atomic mass is 32.1. The van der Waals surface area contributed by atoms with Crippen LogP contribution in [-0.4, -0.2) is 24.6 Å².